The van der Waals surface area contributed by atoms with Crippen LogP contribution < -0.4 is 0 Å². The van der Waals surface area contributed by atoms with Gasteiger partial charge in [0.05, 0.1) is 0 Å². The number of rotatable bonds is 5. The van der Waals surface area contributed by atoms with Crippen LogP contribution in [0.1, 0.15) is 39.5 Å². The molecule has 0 aliphatic heterocycles. The quantitative estimate of drug-likeness (QED) is 0.409. The lowest BCUT2D eigenvalue weighted by atomic mass is 10.1. The van der Waals surface area contributed by atoms with Crippen molar-refractivity contribution in [2.45, 2.75) is 45.7 Å². The van der Waals surface area contributed by atoms with E-state index in [2.05, 4.69) is 6.92 Å². The van der Waals surface area contributed by atoms with Crippen molar-refractivity contribution >= 4 is 0 Å². The van der Waals surface area contributed by atoms with Crippen LogP contribution in [0.15, 0.2) is 12.2 Å². The van der Waals surface area contributed by atoms with Crippen molar-refractivity contribution < 1.29 is 4.39 Å². The highest BCUT2D eigenvalue weighted by Crippen LogP contribution is 2.07. The predicted molar refractivity (Wildman–Crippen MR) is 43.9 cm³/mol. The van der Waals surface area contributed by atoms with Crippen LogP contribution in [0.25, 0.3) is 0 Å². The Morgan fingerprint density at radius 3 is 2.60 bits per heavy atom. The fraction of sp³-hybridized carbons (Fsp3) is 0.778. The lowest BCUT2D eigenvalue weighted by molar-refractivity contribution is 0.366. The van der Waals surface area contributed by atoms with Gasteiger partial charge in [-0.2, -0.15) is 0 Å². The maximum Gasteiger partial charge on any atom is 0.118 e. The molecule has 0 aromatic heterocycles. The van der Waals surface area contributed by atoms with Crippen molar-refractivity contribution in [1.29, 1.82) is 0 Å². The summed E-state index contributed by atoms with van der Waals surface area (Å²) in [5.74, 6) is 0. The Labute approximate surface area is 63.1 Å². The summed E-state index contributed by atoms with van der Waals surface area (Å²) in [6, 6.07) is 0. The molecular formula is C9H17F. The van der Waals surface area contributed by atoms with Gasteiger partial charge < -0.3 is 0 Å². The average Bonchev–Trinajstić information content (AvgIpc) is 1.89. The maximum atomic E-state index is 12.6. The Morgan fingerprint density at radius 2 is 2.10 bits per heavy atom. The summed E-state index contributed by atoms with van der Waals surface area (Å²) in [7, 11) is 0. The van der Waals surface area contributed by atoms with Gasteiger partial charge in [-0.25, -0.2) is 4.39 Å². The van der Waals surface area contributed by atoms with Gasteiger partial charge in [-0.05, 0) is 13.3 Å². The van der Waals surface area contributed by atoms with Gasteiger partial charge >= 0.3 is 0 Å². The van der Waals surface area contributed by atoms with Crippen LogP contribution in [-0.4, -0.2) is 6.17 Å². The van der Waals surface area contributed by atoms with Crippen LogP contribution >= 0.6 is 0 Å². The number of halogens is 1. The Bertz CT molecular complexity index is 86.7. The fourth-order valence-electron chi connectivity index (χ4n) is 0.894. The Hall–Kier alpha value is -0.330. The van der Waals surface area contributed by atoms with E-state index in [1.165, 1.54) is 6.42 Å². The molecular weight excluding hydrogens is 127 g/mol. The smallest absolute Gasteiger partial charge is 0.118 e. The van der Waals surface area contributed by atoms with Crippen molar-refractivity contribution in [3.05, 3.63) is 12.2 Å². The van der Waals surface area contributed by atoms with Gasteiger partial charge in [-0.15, -0.1) is 0 Å². The molecule has 1 atom stereocenters. The molecule has 0 nitrogen and oxygen atoms in total. The van der Waals surface area contributed by atoms with E-state index in [-0.39, 0.29) is 0 Å². The first-order chi connectivity index (χ1) is 4.81. The van der Waals surface area contributed by atoms with E-state index in [4.69, 9.17) is 0 Å². The standard InChI is InChI=1S/C9H17F/c1-3-5-6-8-9(10)7-4-2/h4,7,9H,3,5-6,8H2,1-2H3/b7-4-/t9-/m1/s1. The topological polar surface area (TPSA) is 0 Å². The molecule has 0 radical (unpaired) electrons. The molecule has 0 heterocycles. The first-order valence-corrected chi connectivity index (χ1v) is 4.08. The van der Waals surface area contributed by atoms with Crippen LogP contribution in [0.2, 0.25) is 0 Å². The van der Waals surface area contributed by atoms with Gasteiger partial charge in [0.2, 0.25) is 0 Å². The fourth-order valence-corrected chi connectivity index (χ4v) is 0.894. The van der Waals surface area contributed by atoms with Crippen LogP contribution in [0.5, 0.6) is 0 Å². The van der Waals surface area contributed by atoms with E-state index in [9.17, 15) is 4.39 Å². The summed E-state index contributed by atoms with van der Waals surface area (Å²) in [6.07, 6.45) is 6.71. The second-order valence-electron chi connectivity index (χ2n) is 2.54. The van der Waals surface area contributed by atoms with Crippen molar-refractivity contribution in [3.63, 3.8) is 0 Å². The van der Waals surface area contributed by atoms with E-state index in [1.54, 1.807) is 12.2 Å². The monoisotopic (exact) mass is 144 g/mol. The van der Waals surface area contributed by atoms with Crippen LogP contribution in [0.3, 0.4) is 0 Å². The molecule has 0 aromatic rings. The van der Waals surface area contributed by atoms with Crippen molar-refractivity contribution in [1.82, 2.24) is 0 Å². The molecule has 10 heavy (non-hydrogen) atoms. The molecule has 0 N–H and O–H groups in total. The largest absolute Gasteiger partial charge is 0.243 e. The van der Waals surface area contributed by atoms with Crippen molar-refractivity contribution in [2.24, 2.45) is 0 Å². The lowest BCUT2D eigenvalue weighted by Crippen LogP contribution is -1.93. The minimum absolute atomic E-state index is 0.693. The molecule has 0 aliphatic carbocycles. The van der Waals surface area contributed by atoms with Gasteiger partial charge in [0.25, 0.3) is 0 Å². The molecule has 0 aromatic carbocycles. The van der Waals surface area contributed by atoms with E-state index in [0.717, 1.165) is 12.8 Å². The minimum atomic E-state index is -0.712. The summed E-state index contributed by atoms with van der Waals surface area (Å²) in [5, 5.41) is 0. The average molecular weight is 144 g/mol. The van der Waals surface area contributed by atoms with E-state index >= 15 is 0 Å². The SMILES string of the molecule is C/C=C\[C@@H](F)CCCCC. The molecule has 0 unspecified atom stereocenters. The van der Waals surface area contributed by atoms with Crippen LogP contribution in [-0.2, 0) is 0 Å². The zero-order valence-corrected chi connectivity index (χ0v) is 6.94. The van der Waals surface area contributed by atoms with E-state index < -0.39 is 6.17 Å². The molecule has 0 saturated heterocycles. The first kappa shape index (κ1) is 9.67. The Kier molecular flexibility index (Phi) is 6.56. The summed E-state index contributed by atoms with van der Waals surface area (Å²) in [4.78, 5) is 0. The molecule has 1 heteroatoms. The molecule has 60 valence electrons. The zero-order chi connectivity index (χ0) is 7.82. The third-order valence-electron chi connectivity index (χ3n) is 1.48. The third kappa shape index (κ3) is 5.80. The second kappa shape index (κ2) is 6.79. The second-order valence-corrected chi connectivity index (χ2v) is 2.54. The predicted octanol–water partition coefficient (Wildman–Crippen LogP) is 3.48. The highest BCUT2D eigenvalue weighted by atomic mass is 19.1. The summed E-state index contributed by atoms with van der Waals surface area (Å²) >= 11 is 0. The van der Waals surface area contributed by atoms with Gasteiger partial charge in [0.1, 0.15) is 6.17 Å². The summed E-state index contributed by atoms with van der Waals surface area (Å²) in [5.41, 5.74) is 0. The zero-order valence-electron chi connectivity index (χ0n) is 6.94. The number of hydrogen-bond acceptors (Lipinski definition) is 0. The van der Waals surface area contributed by atoms with Crippen molar-refractivity contribution in [3.8, 4) is 0 Å². The van der Waals surface area contributed by atoms with Crippen LogP contribution in [0, 0.1) is 0 Å². The third-order valence-corrected chi connectivity index (χ3v) is 1.48. The van der Waals surface area contributed by atoms with Crippen molar-refractivity contribution in [2.75, 3.05) is 0 Å². The van der Waals surface area contributed by atoms with Gasteiger partial charge in [-0.3, -0.25) is 0 Å². The molecule has 0 amide bonds. The first-order valence-electron chi connectivity index (χ1n) is 4.08. The molecule has 0 saturated carbocycles. The van der Waals surface area contributed by atoms with E-state index in [1.807, 2.05) is 6.92 Å². The Balaban J connectivity index is 3.13. The molecule has 0 spiro atoms. The molecule has 0 rings (SSSR count). The van der Waals surface area contributed by atoms with Gasteiger partial charge in [0.15, 0.2) is 0 Å². The highest BCUT2D eigenvalue weighted by molar-refractivity contribution is 4.85. The molecule has 0 aliphatic rings. The normalized spacial score (nSPS) is 14.3. The van der Waals surface area contributed by atoms with Gasteiger partial charge in [0, 0.05) is 0 Å². The summed E-state index contributed by atoms with van der Waals surface area (Å²) in [6.45, 7) is 3.98. The molecule has 0 fully saturated rings. The number of alkyl halides is 1. The van der Waals surface area contributed by atoms with Crippen LogP contribution in [0.4, 0.5) is 4.39 Å². The number of unbranched alkanes of at least 4 members (excludes halogenated alkanes) is 2. The van der Waals surface area contributed by atoms with Gasteiger partial charge in [-0.1, -0.05) is 38.3 Å². The molecule has 0 bridgehead atoms. The summed E-state index contributed by atoms with van der Waals surface area (Å²) < 4.78 is 12.6. The number of allylic oxidation sites excluding steroid dienone is 2. The minimum Gasteiger partial charge on any atom is -0.243 e. The maximum absolute atomic E-state index is 12.6. The highest BCUT2D eigenvalue weighted by Gasteiger charge is 1.98. The number of hydrogen-bond donors (Lipinski definition) is 0. The lowest BCUT2D eigenvalue weighted by Gasteiger charge is -1.99. The van der Waals surface area contributed by atoms with E-state index in [0.29, 0.717) is 6.42 Å². The Morgan fingerprint density at radius 1 is 1.40 bits per heavy atom.